The summed E-state index contributed by atoms with van der Waals surface area (Å²) in [6, 6.07) is 15.0. The number of carbonyl (C=O) groups excluding carboxylic acids is 1. The van der Waals surface area contributed by atoms with Crippen LogP contribution in [0.25, 0.3) is 5.65 Å². The Balaban J connectivity index is 1.51. The third-order valence-corrected chi connectivity index (χ3v) is 7.45. The normalized spacial score (nSPS) is 18.4. The molecule has 1 unspecified atom stereocenters. The number of carbonyl (C=O) groups is 1. The van der Waals surface area contributed by atoms with Crippen LogP contribution in [0.4, 0.5) is 0 Å². The van der Waals surface area contributed by atoms with E-state index in [1.54, 1.807) is 4.90 Å². The van der Waals surface area contributed by atoms with Gasteiger partial charge in [-0.2, -0.15) is 0 Å². The molecule has 3 aromatic rings. The van der Waals surface area contributed by atoms with E-state index >= 15 is 0 Å². The molecule has 0 saturated carbocycles. The second-order valence-electron chi connectivity index (χ2n) is 6.76. The van der Waals surface area contributed by atoms with Gasteiger partial charge in [-0.1, -0.05) is 48.2 Å². The largest absolute Gasteiger partial charge is 0.334 e. The van der Waals surface area contributed by atoms with Gasteiger partial charge in [0.05, 0.1) is 17.3 Å². The van der Waals surface area contributed by atoms with Crippen LogP contribution in [0, 0.1) is 0 Å². The Morgan fingerprint density at radius 1 is 1.14 bits per heavy atom. The van der Waals surface area contributed by atoms with Gasteiger partial charge in [-0.3, -0.25) is 9.20 Å². The Hall–Kier alpha value is -2.39. The molecule has 0 bridgehead atoms. The van der Waals surface area contributed by atoms with Crippen molar-refractivity contribution in [2.45, 2.75) is 24.2 Å². The number of amides is 1. The minimum atomic E-state index is -3.08. The van der Waals surface area contributed by atoms with Crippen molar-refractivity contribution in [1.29, 1.82) is 0 Å². The van der Waals surface area contributed by atoms with E-state index in [0.717, 1.165) is 11.2 Å². The van der Waals surface area contributed by atoms with Crippen molar-refractivity contribution in [3.8, 4) is 0 Å². The summed E-state index contributed by atoms with van der Waals surface area (Å²) in [6.07, 6.45) is 2.34. The van der Waals surface area contributed by atoms with Crippen molar-refractivity contribution >= 4 is 33.2 Å². The van der Waals surface area contributed by atoms with E-state index < -0.39 is 9.84 Å². The topological polar surface area (TPSA) is 84.6 Å². The van der Waals surface area contributed by atoms with Crippen LogP contribution in [0.1, 0.15) is 12.0 Å². The first-order valence-electron chi connectivity index (χ1n) is 8.98. The van der Waals surface area contributed by atoms with E-state index in [-0.39, 0.29) is 29.2 Å². The van der Waals surface area contributed by atoms with E-state index in [4.69, 9.17) is 0 Å². The van der Waals surface area contributed by atoms with E-state index in [0.29, 0.717) is 18.1 Å². The number of hydrogen-bond donors (Lipinski definition) is 0. The van der Waals surface area contributed by atoms with Crippen LogP contribution in [-0.2, 0) is 21.2 Å². The van der Waals surface area contributed by atoms with Crippen molar-refractivity contribution in [2.75, 3.05) is 17.3 Å². The molecule has 28 heavy (non-hydrogen) atoms. The molecule has 1 aliphatic heterocycles. The highest BCUT2D eigenvalue weighted by atomic mass is 32.2. The molecule has 1 atom stereocenters. The van der Waals surface area contributed by atoms with Gasteiger partial charge in [0.2, 0.25) is 5.91 Å². The molecule has 9 heteroatoms. The van der Waals surface area contributed by atoms with E-state index in [9.17, 15) is 13.2 Å². The van der Waals surface area contributed by atoms with E-state index in [2.05, 4.69) is 10.2 Å². The summed E-state index contributed by atoms with van der Waals surface area (Å²) in [5.41, 5.74) is 1.71. The van der Waals surface area contributed by atoms with Crippen molar-refractivity contribution in [3.63, 3.8) is 0 Å². The van der Waals surface area contributed by atoms with Crippen LogP contribution in [-0.4, -0.2) is 57.1 Å². The summed E-state index contributed by atoms with van der Waals surface area (Å²) in [5.74, 6) is 0.255. The standard InChI is InChI=1S/C19H20N4O3S2/c24-18(13-27-19-21-20-17-8-4-5-10-22(17)19)23(12-15-6-2-1-3-7-15)16-9-11-28(25,26)14-16/h1-8,10,16H,9,11-14H2. The molecule has 2 aromatic heterocycles. The molecular weight excluding hydrogens is 396 g/mol. The molecule has 3 heterocycles. The van der Waals surface area contributed by atoms with Gasteiger partial charge in [0.15, 0.2) is 20.6 Å². The van der Waals surface area contributed by atoms with Gasteiger partial charge in [0.1, 0.15) is 0 Å². The third-order valence-electron chi connectivity index (χ3n) is 4.77. The smallest absolute Gasteiger partial charge is 0.233 e. The SMILES string of the molecule is O=C(CSc1nnc2ccccn12)N(Cc1ccccc1)C1CCS(=O)(=O)C1. The predicted molar refractivity (Wildman–Crippen MR) is 108 cm³/mol. The minimum Gasteiger partial charge on any atom is -0.334 e. The van der Waals surface area contributed by atoms with Crippen molar-refractivity contribution in [1.82, 2.24) is 19.5 Å². The summed E-state index contributed by atoms with van der Waals surface area (Å²) in [5, 5.41) is 8.88. The quantitative estimate of drug-likeness (QED) is 0.572. The lowest BCUT2D eigenvalue weighted by Gasteiger charge is -2.28. The van der Waals surface area contributed by atoms with Gasteiger partial charge in [0, 0.05) is 18.8 Å². The zero-order valence-electron chi connectivity index (χ0n) is 15.1. The predicted octanol–water partition coefficient (Wildman–Crippen LogP) is 2.04. The van der Waals surface area contributed by atoms with Crippen LogP contribution in [0.2, 0.25) is 0 Å². The zero-order valence-corrected chi connectivity index (χ0v) is 16.8. The number of fused-ring (bicyclic) bond motifs is 1. The minimum absolute atomic E-state index is 0.0318. The molecule has 1 aromatic carbocycles. The fraction of sp³-hybridized carbons (Fsp3) is 0.316. The number of benzene rings is 1. The van der Waals surface area contributed by atoms with Crippen molar-refractivity contribution < 1.29 is 13.2 Å². The third kappa shape index (κ3) is 4.20. The van der Waals surface area contributed by atoms with Gasteiger partial charge in [-0.15, -0.1) is 10.2 Å². The van der Waals surface area contributed by atoms with Gasteiger partial charge in [-0.05, 0) is 24.1 Å². The molecular formula is C19H20N4O3S2. The highest BCUT2D eigenvalue weighted by Crippen LogP contribution is 2.23. The lowest BCUT2D eigenvalue weighted by atomic mass is 10.1. The monoisotopic (exact) mass is 416 g/mol. The van der Waals surface area contributed by atoms with Gasteiger partial charge in [0.25, 0.3) is 0 Å². The van der Waals surface area contributed by atoms with Crippen LogP contribution in [0.3, 0.4) is 0 Å². The summed E-state index contributed by atoms with van der Waals surface area (Å²) in [6.45, 7) is 0.404. The Bertz CT molecular complexity index is 1080. The highest BCUT2D eigenvalue weighted by molar-refractivity contribution is 7.99. The number of nitrogens with zero attached hydrogens (tertiary/aromatic N) is 4. The zero-order chi connectivity index (χ0) is 19.6. The molecule has 1 fully saturated rings. The maximum absolute atomic E-state index is 13.0. The summed E-state index contributed by atoms with van der Waals surface area (Å²) >= 11 is 1.31. The number of sulfone groups is 1. The molecule has 0 aliphatic carbocycles. The van der Waals surface area contributed by atoms with Gasteiger partial charge < -0.3 is 4.90 Å². The Kier molecular flexibility index (Phi) is 5.36. The molecule has 0 spiro atoms. The summed E-state index contributed by atoms with van der Waals surface area (Å²) in [4.78, 5) is 14.7. The highest BCUT2D eigenvalue weighted by Gasteiger charge is 2.34. The second kappa shape index (κ2) is 7.92. The van der Waals surface area contributed by atoms with E-state index in [1.807, 2.05) is 59.1 Å². The molecule has 146 valence electrons. The molecule has 1 aliphatic rings. The van der Waals surface area contributed by atoms with Gasteiger partial charge in [-0.25, -0.2) is 8.42 Å². The first-order valence-corrected chi connectivity index (χ1v) is 11.8. The second-order valence-corrected chi connectivity index (χ2v) is 9.94. The van der Waals surface area contributed by atoms with Crippen LogP contribution in [0.5, 0.6) is 0 Å². The lowest BCUT2D eigenvalue weighted by Crippen LogP contribution is -2.41. The Morgan fingerprint density at radius 3 is 2.68 bits per heavy atom. The lowest BCUT2D eigenvalue weighted by molar-refractivity contribution is -0.130. The van der Waals surface area contributed by atoms with E-state index in [1.165, 1.54) is 11.8 Å². The molecule has 4 rings (SSSR count). The van der Waals surface area contributed by atoms with Crippen LogP contribution >= 0.6 is 11.8 Å². The van der Waals surface area contributed by atoms with Crippen molar-refractivity contribution in [2.24, 2.45) is 0 Å². The molecule has 1 amide bonds. The number of thioether (sulfide) groups is 1. The maximum Gasteiger partial charge on any atom is 0.233 e. The summed E-state index contributed by atoms with van der Waals surface area (Å²) < 4.78 is 25.7. The van der Waals surface area contributed by atoms with Crippen molar-refractivity contribution in [3.05, 3.63) is 60.3 Å². The summed E-state index contributed by atoms with van der Waals surface area (Å²) in [7, 11) is -3.08. The molecule has 0 N–H and O–H groups in total. The first kappa shape index (κ1) is 18.9. The number of aromatic nitrogens is 3. The molecule has 0 radical (unpaired) electrons. The van der Waals surface area contributed by atoms with Gasteiger partial charge >= 0.3 is 0 Å². The Morgan fingerprint density at radius 2 is 1.93 bits per heavy atom. The Labute approximate surface area is 167 Å². The fourth-order valence-electron chi connectivity index (χ4n) is 3.35. The number of pyridine rings is 1. The average Bonchev–Trinajstić information content (AvgIpc) is 3.28. The maximum atomic E-state index is 13.0. The molecule has 1 saturated heterocycles. The van der Waals surface area contributed by atoms with Crippen LogP contribution in [0.15, 0.2) is 59.9 Å². The number of rotatable bonds is 6. The number of hydrogen-bond acceptors (Lipinski definition) is 6. The average molecular weight is 417 g/mol. The fourth-order valence-corrected chi connectivity index (χ4v) is 5.89. The molecule has 7 nitrogen and oxygen atoms in total. The first-order chi connectivity index (χ1) is 13.5. The van der Waals surface area contributed by atoms with Crippen LogP contribution < -0.4 is 0 Å².